The number of rotatable bonds is 13. The van der Waals surface area contributed by atoms with Crippen molar-refractivity contribution < 1.29 is 62.0 Å². The number of imidazole rings is 1. The minimum Gasteiger partial charge on any atom is -0.488 e. The highest BCUT2D eigenvalue weighted by Crippen LogP contribution is 2.47. The topological polar surface area (TPSA) is 216 Å². The van der Waals surface area contributed by atoms with E-state index in [1.165, 1.54) is 38.5 Å². The number of aryl methyl sites for hydroxylation is 2. The van der Waals surface area contributed by atoms with Gasteiger partial charge in [0.1, 0.15) is 42.6 Å². The summed E-state index contributed by atoms with van der Waals surface area (Å²) in [4.78, 5) is 96.5. The molecule has 0 spiro atoms. The molecule has 2 aliphatic carbocycles. The number of benzene rings is 7. The van der Waals surface area contributed by atoms with Crippen LogP contribution in [0.3, 0.4) is 0 Å². The Kier molecular flexibility index (Phi) is 18.5. The largest absolute Gasteiger partial charge is 0.488 e. The fraction of sp³-hybridized carbons (Fsp3) is 0.250. The molecule has 0 fully saturated rings. The van der Waals surface area contributed by atoms with Gasteiger partial charge in [-0.1, -0.05) is 59.6 Å². The van der Waals surface area contributed by atoms with Crippen LogP contribution in [0.4, 0.5) is 20.1 Å². The summed E-state index contributed by atoms with van der Waals surface area (Å²) in [5.41, 5.74) is 19.3. The predicted molar refractivity (Wildman–Crippen MR) is 357 cm³/mol. The lowest BCUT2D eigenvalue weighted by molar-refractivity contribution is 0.0657. The number of nitrogens with one attached hydrogen (secondary N) is 1. The van der Waals surface area contributed by atoms with Gasteiger partial charge >= 0.3 is 17.1 Å². The maximum atomic E-state index is 12.8. The quantitative estimate of drug-likeness (QED) is 0.0646. The van der Waals surface area contributed by atoms with Gasteiger partial charge in [-0.3, -0.25) is 24.2 Å². The second-order valence-electron chi connectivity index (χ2n) is 21.8. The van der Waals surface area contributed by atoms with Crippen molar-refractivity contribution in [1.29, 1.82) is 0 Å². The molecule has 0 radical (unpaired) electrons. The van der Waals surface area contributed by atoms with Crippen LogP contribution >= 0.6 is 42.9 Å². The molecular weight excluding hydrogens is 1220 g/mol. The van der Waals surface area contributed by atoms with E-state index in [1.807, 2.05) is 36.5 Å². The predicted octanol–water partition coefficient (Wildman–Crippen LogP) is 14.8. The summed E-state index contributed by atoms with van der Waals surface area (Å²) >= 11 is 0. The molecule has 6 atom stereocenters. The van der Waals surface area contributed by atoms with Gasteiger partial charge in [0, 0.05) is 57.2 Å². The molecule has 16 nitrogen and oxygen atoms in total. The standard InChI is InChI=1S/C24H21N3OP2.C23H22O7P2.C21H19O5P/c1-29-23-10-18-17-9-22-19(8-13(17)4-6-20(18)26-23)16-5-3-14(7-15(16)12-28-22)21-11-25-24(27-21)30-2;1-31-22(26)29-11-18(24)13-3-5-15-14(7-13)10-28-20-9-16-12(8-17(15)20)4-6-19(21(16)25)30-23(27)32-2;1-27-21(24)26-11-19(23)13-5-6-15-14(7-13)10-25-20-9-16-12(8-17(15)20)3-2-4-18(16)22/h3-9,11,29-30H,10,12H2,1-2H3,(H,25,27);3,5,7-9,19,31-32H,4,6,10-11H2,1-2H3;5-9,27H,2-4,10-11H2,1H3. The molecule has 89 heavy (non-hydrogen) atoms. The Labute approximate surface area is 522 Å². The summed E-state index contributed by atoms with van der Waals surface area (Å²) < 4.78 is 33.2. The average molecular weight is 1280 g/mol. The van der Waals surface area contributed by atoms with Crippen LogP contribution in [-0.4, -0.2) is 108 Å². The lowest BCUT2D eigenvalue weighted by Gasteiger charge is -2.27. The monoisotopic (exact) mass is 1280 g/mol. The van der Waals surface area contributed by atoms with Crippen LogP contribution in [0, 0.1) is 0 Å². The molecule has 7 aromatic carbocycles. The third kappa shape index (κ3) is 12.9. The fourth-order valence-electron chi connectivity index (χ4n) is 11.9. The lowest BCUT2D eigenvalue weighted by atomic mass is 9.84. The second kappa shape index (κ2) is 26.8. The average Bonchev–Trinajstić information content (AvgIpc) is 1.70. The van der Waals surface area contributed by atoms with E-state index in [4.69, 9.17) is 33.4 Å². The number of aliphatic imine (C=N–C) groups is 1. The number of hydrogen-bond acceptors (Lipinski definition) is 15. The Balaban J connectivity index is 0.000000130. The summed E-state index contributed by atoms with van der Waals surface area (Å²) in [5, 5.41) is 2.53. The number of H-pyrrole nitrogens is 1. The van der Waals surface area contributed by atoms with Crippen molar-refractivity contribution in [3.63, 3.8) is 0 Å². The zero-order valence-corrected chi connectivity index (χ0v) is 54.4. The van der Waals surface area contributed by atoms with Crippen molar-refractivity contribution in [2.24, 2.45) is 4.99 Å². The number of carbonyl (C=O) groups is 7. The van der Waals surface area contributed by atoms with E-state index in [0.717, 1.165) is 106 Å². The number of ether oxygens (including phenoxy) is 6. The minimum absolute atomic E-state index is 0.00806. The molecule has 0 saturated heterocycles. The molecule has 6 unspecified atom stereocenters. The third-order valence-corrected chi connectivity index (χ3v) is 19.7. The van der Waals surface area contributed by atoms with Crippen LogP contribution < -0.4 is 19.8 Å². The van der Waals surface area contributed by atoms with Crippen molar-refractivity contribution >= 4 is 111 Å². The first-order chi connectivity index (χ1) is 43.2. The fourth-order valence-corrected chi connectivity index (χ4v) is 13.6. The maximum absolute atomic E-state index is 12.8. The van der Waals surface area contributed by atoms with Gasteiger partial charge in [-0.15, -0.1) is 0 Å². The molecular formula is C68H62N3O13P5. The van der Waals surface area contributed by atoms with Gasteiger partial charge in [0.2, 0.25) is 5.78 Å². The molecule has 1 aromatic heterocycles. The lowest BCUT2D eigenvalue weighted by Crippen LogP contribution is -2.31. The highest BCUT2D eigenvalue weighted by atomic mass is 31.1. The first-order valence-corrected chi connectivity index (χ1v) is 36.6. The number of nitrogens with zero attached hydrogens (tertiary/aromatic N) is 2. The Hall–Kier alpha value is -7.68. The Morgan fingerprint density at radius 2 is 1.13 bits per heavy atom. The SMILES string of the molecule is CPC(=O)OCC(=O)c1ccc2c(c1)COc1cc3c(cc1-2)CCC(OC(=O)PC)C3=O.CPC(=O)OCC(=O)c1ccc2c(c1)COc1cc3c(cc1-2)CCCC3=O.CPC1=Nc2ccc3cc4c(cc3c2C1)OCc1cc(-c2cnc(PC)[nH]2)ccc1-4. The number of carbonyl (C=O) groups excluding carboxylic acids is 7. The van der Waals surface area contributed by atoms with Crippen molar-refractivity contribution in [3.8, 4) is 61.9 Å². The normalized spacial score (nSPS) is 15.7. The Morgan fingerprint density at radius 1 is 0.562 bits per heavy atom. The smallest absolute Gasteiger partial charge is 0.323 e. The number of hydrogen-bond donors (Lipinski definition) is 1. The molecule has 14 rings (SSSR count). The van der Waals surface area contributed by atoms with E-state index in [-0.39, 0.29) is 85.8 Å². The molecule has 5 heterocycles. The van der Waals surface area contributed by atoms with Gasteiger partial charge in [0.25, 0.3) is 0 Å². The zero-order chi connectivity index (χ0) is 62.0. The van der Waals surface area contributed by atoms with Gasteiger partial charge in [0.05, 0.1) is 17.6 Å². The number of aromatic amines is 1. The third-order valence-electron chi connectivity index (χ3n) is 16.5. The van der Waals surface area contributed by atoms with E-state index in [0.29, 0.717) is 69.2 Å². The highest BCUT2D eigenvalue weighted by molar-refractivity contribution is 7.58. The number of Topliss-reactive ketones (excluding diaryl/α,β-unsaturated/α-hetero) is 4. The molecule has 4 aliphatic heterocycles. The van der Waals surface area contributed by atoms with Crippen LogP contribution in [0.5, 0.6) is 17.2 Å². The minimum atomic E-state index is -0.743. The molecule has 0 saturated carbocycles. The van der Waals surface area contributed by atoms with Gasteiger partial charge < -0.3 is 33.4 Å². The van der Waals surface area contributed by atoms with Crippen molar-refractivity contribution in [2.75, 3.05) is 46.5 Å². The van der Waals surface area contributed by atoms with Gasteiger partial charge in [-0.2, -0.15) is 0 Å². The molecule has 21 heteroatoms. The number of fused-ring (bicyclic) bond motifs is 14. The van der Waals surface area contributed by atoms with E-state index in [9.17, 15) is 33.6 Å². The molecule has 452 valence electrons. The molecule has 0 bridgehead atoms. The first-order valence-electron chi connectivity index (χ1n) is 29.1. The first kappa shape index (κ1) is 61.6. The molecule has 6 aliphatic rings. The summed E-state index contributed by atoms with van der Waals surface area (Å²) in [5.74, 6) is 1.76. The summed E-state index contributed by atoms with van der Waals surface area (Å²) in [6.07, 6.45) is 5.58. The second-order valence-corrected chi connectivity index (χ2v) is 26.6. The number of ketones is 4. The van der Waals surface area contributed by atoms with E-state index >= 15 is 0 Å². The molecule has 0 amide bonds. The summed E-state index contributed by atoms with van der Waals surface area (Å²) in [6.45, 7) is 10.1. The maximum Gasteiger partial charge on any atom is 0.323 e. The van der Waals surface area contributed by atoms with E-state index < -0.39 is 6.10 Å². The van der Waals surface area contributed by atoms with Crippen molar-refractivity contribution in [3.05, 3.63) is 165 Å². The summed E-state index contributed by atoms with van der Waals surface area (Å²) in [6, 6.07) is 33.9. The van der Waals surface area contributed by atoms with Crippen LogP contribution in [-0.2, 0) is 53.3 Å². The molecule has 8 aromatic rings. The van der Waals surface area contributed by atoms with Crippen LogP contribution in [0.15, 0.2) is 114 Å². The number of aromatic nitrogens is 2. The Morgan fingerprint density at radius 3 is 1.73 bits per heavy atom. The van der Waals surface area contributed by atoms with Gasteiger partial charge in [-0.25, -0.2) is 19.4 Å². The van der Waals surface area contributed by atoms with Crippen molar-refractivity contribution in [2.45, 2.75) is 64.4 Å². The Bertz CT molecular complexity index is 4310. The zero-order valence-electron chi connectivity index (χ0n) is 49.4. The molecule has 1 N–H and O–H groups in total. The summed E-state index contributed by atoms with van der Waals surface area (Å²) in [7, 11) is 1.43. The van der Waals surface area contributed by atoms with E-state index in [2.05, 4.69) is 65.8 Å². The van der Waals surface area contributed by atoms with Gasteiger partial charge in [0.15, 0.2) is 36.7 Å². The van der Waals surface area contributed by atoms with Crippen LogP contribution in [0.1, 0.15) is 94.1 Å². The van der Waals surface area contributed by atoms with E-state index in [1.54, 1.807) is 50.3 Å². The van der Waals surface area contributed by atoms with Gasteiger partial charge in [-0.05, 0) is 212 Å². The van der Waals surface area contributed by atoms with Crippen LogP contribution in [0.25, 0.3) is 55.4 Å². The van der Waals surface area contributed by atoms with Crippen molar-refractivity contribution in [1.82, 2.24) is 9.97 Å². The highest BCUT2D eigenvalue weighted by Gasteiger charge is 2.33. The van der Waals surface area contributed by atoms with Crippen LogP contribution in [0.2, 0.25) is 0 Å².